The Morgan fingerprint density at radius 2 is 1.85 bits per heavy atom. The summed E-state index contributed by atoms with van der Waals surface area (Å²) >= 11 is 0. The van der Waals surface area contributed by atoms with E-state index in [1.54, 1.807) is 4.90 Å². The lowest BCUT2D eigenvalue weighted by Gasteiger charge is -2.43. The Morgan fingerprint density at radius 1 is 1.25 bits per heavy atom. The van der Waals surface area contributed by atoms with Crippen molar-refractivity contribution in [1.82, 2.24) is 9.80 Å². The van der Waals surface area contributed by atoms with Crippen LogP contribution in [0, 0.1) is 0 Å². The number of nitrogens with zero attached hydrogens (tertiary/aromatic N) is 2. The summed E-state index contributed by atoms with van der Waals surface area (Å²) in [6, 6.07) is 0. The second-order valence-electron chi connectivity index (χ2n) is 5.37. The number of unbranched alkanes of at least 4 members (excludes halogenated alkanes) is 1. The summed E-state index contributed by atoms with van der Waals surface area (Å²) in [6.45, 7) is 3.54. The van der Waals surface area contributed by atoms with E-state index < -0.39 is 5.54 Å². The molecule has 1 fully saturated rings. The van der Waals surface area contributed by atoms with Crippen LogP contribution in [0.25, 0.3) is 0 Å². The minimum absolute atomic E-state index is 0.235. The Morgan fingerprint density at radius 3 is 2.30 bits per heavy atom. The topological polar surface area (TPSA) is 59.1 Å². The molecule has 6 nitrogen and oxygen atoms in total. The lowest BCUT2D eigenvalue weighted by Crippen LogP contribution is -2.58. The number of esters is 1. The maximum Gasteiger partial charge on any atom is 0.409 e. The lowest BCUT2D eigenvalue weighted by molar-refractivity contribution is -0.156. The number of likely N-dealkylation sites (N-methyl/N-ethyl adjacent to an activating group) is 1. The number of hydrogen-bond acceptors (Lipinski definition) is 5. The molecule has 1 heterocycles. The average molecular weight is 286 g/mol. The first-order valence-corrected chi connectivity index (χ1v) is 7.15. The van der Waals surface area contributed by atoms with Gasteiger partial charge in [0.2, 0.25) is 0 Å². The number of amides is 1. The number of piperidine rings is 1. The normalized spacial score (nSPS) is 17.9. The molecule has 6 heteroatoms. The predicted molar refractivity (Wildman–Crippen MR) is 75.5 cm³/mol. The molecule has 0 bridgehead atoms. The van der Waals surface area contributed by atoms with Gasteiger partial charge in [0.05, 0.1) is 13.7 Å². The highest BCUT2D eigenvalue weighted by Gasteiger charge is 2.45. The first-order valence-electron chi connectivity index (χ1n) is 7.15. The Bertz CT molecular complexity index is 336. The van der Waals surface area contributed by atoms with Gasteiger partial charge in [0.15, 0.2) is 0 Å². The minimum Gasteiger partial charge on any atom is -0.468 e. The van der Waals surface area contributed by atoms with E-state index in [9.17, 15) is 9.59 Å². The van der Waals surface area contributed by atoms with E-state index in [1.807, 2.05) is 19.0 Å². The molecule has 0 aromatic rings. The fraction of sp³-hybridized carbons (Fsp3) is 0.857. The first-order chi connectivity index (χ1) is 9.47. The largest absolute Gasteiger partial charge is 0.468 e. The molecule has 0 unspecified atom stereocenters. The molecule has 20 heavy (non-hydrogen) atoms. The Hall–Kier alpha value is -1.30. The molecule has 1 saturated heterocycles. The van der Waals surface area contributed by atoms with Crippen LogP contribution in [-0.2, 0) is 14.3 Å². The van der Waals surface area contributed by atoms with Gasteiger partial charge in [-0.1, -0.05) is 13.3 Å². The molecule has 0 aliphatic carbocycles. The zero-order valence-electron chi connectivity index (χ0n) is 13.0. The molecule has 0 N–H and O–H groups in total. The van der Waals surface area contributed by atoms with Crippen LogP contribution in [0.3, 0.4) is 0 Å². The number of likely N-dealkylation sites (tertiary alicyclic amines) is 1. The third-order valence-corrected chi connectivity index (χ3v) is 3.99. The van der Waals surface area contributed by atoms with Crippen molar-refractivity contribution in [2.75, 3.05) is 40.9 Å². The van der Waals surface area contributed by atoms with Crippen molar-refractivity contribution < 1.29 is 19.1 Å². The van der Waals surface area contributed by atoms with Crippen LogP contribution in [0.2, 0.25) is 0 Å². The zero-order valence-corrected chi connectivity index (χ0v) is 13.0. The molecule has 0 aromatic carbocycles. The predicted octanol–water partition coefficient (Wildman–Crippen LogP) is 1.49. The van der Waals surface area contributed by atoms with E-state index in [4.69, 9.17) is 9.47 Å². The monoisotopic (exact) mass is 286 g/mol. The third-order valence-electron chi connectivity index (χ3n) is 3.99. The maximum absolute atomic E-state index is 12.0. The first kappa shape index (κ1) is 16.8. The van der Waals surface area contributed by atoms with Gasteiger partial charge >= 0.3 is 12.1 Å². The lowest BCUT2D eigenvalue weighted by atomic mass is 9.86. The quantitative estimate of drug-likeness (QED) is 0.566. The van der Waals surface area contributed by atoms with E-state index in [2.05, 4.69) is 6.92 Å². The summed E-state index contributed by atoms with van der Waals surface area (Å²) in [5.74, 6) is -0.235. The van der Waals surface area contributed by atoms with Gasteiger partial charge in [0.25, 0.3) is 0 Å². The Labute approximate surface area is 121 Å². The average Bonchev–Trinajstić information content (AvgIpc) is 2.46. The summed E-state index contributed by atoms with van der Waals surface area (Å²) in [6.07, 6.45) is 2.73. The molecule has 1 amide bonds. The van der Waals surface area contributed by atoms with Crippen molar-refractivity contribution >= 4 is 12.1 Å². The van der Waals surface area contributed by atoms with Crippen molar-refractivity contribution in [1.29, 1.82) is 0 Å². The van der Waals surface area contributed by atoms with E-state index in [0.717, 1.165) is 12.8 Å². The molecule has 0 radical (unpaired) electrons. The molecular formula is C14H26N2O4. The van der Waals surface area contributed by atoms with Gasteiger partial charge in [-0.3, -0.25) is 9.69 Å². The number of methoxy groups -OCH3 is 1. The number of carbonyl (C=O) groups excluding carboxylic acids is 2. The summed E-state index contributed by atoms with van der Waals surface area (Å²) in [5.41, 5.74) is -0.630. The van der Waals surface area contributed by atoms with Crippen LogP contribution in [0.5, 0.6) is 0 Å². The van der Waals surface area contributed by atoms with Gasteiger partial charge in [0, 0.05) is 13.1 Å². The summed E-state index contributed by atoms with van der Waals surface area (Å²) in [7, 11) is 5.14. The van der Waals surface area contributed by atoms with Gasteiger partial charge < -0.3 is 14.4 Å². The van der Waals surface area contributed by atoms with Crippen molar-refractivity contribution in [3.8, 4) is 0 Å². The molecule has 1 aliphatic rings. The van der Waals surface area contributed by atoms with Crippen molar-refractivity contribution in [2.24, 2.45) is 0 Å². The molecule has 1 rings (SSSR count). The van der Waals surface area contributed by atoms with Crippen LogP contribution < -0.4 is 0 Å². The molecule has 116 valence electrons. The zero-order chi connectivity index (χ0) is 15.2. The van der Waals surface area contributed by atoms with Gasteiger partial charge in [-0.05, 0) is 33.4 Å². The summed E-state index contributed by atoms with van der Waals surface area (Å²) in [5, 5.41) is 0. The maximum atomic E-state index is 12.0. The fourth-order valence-corrected chi connectivity index (χ4v) is 2.48. The van der Waals surface area contributed by atoms with Gasteiger partial charge in [-0.15, -0.1) is 0 Å². The molecule has 1 aliphatic heterocycles. The highest BCUT2D eigenvalue weighted by atomic mass is 16.6. The van der Waals surface area contributed by atoms with Gasteiger partial charge in [0.1, 0.15) is 5.54 Å². The van der Waals surface area contributed by atoms with Gasteiger partial charge in [-0.25, -0.2) is 4.79 Å². The standard InChI is InChI=1S/C14H26N2O4/c1-5-6-11-20-13(18)16-9-7-14(8-10-16,15(2)3)12(17)19-4/h5-11H2,1-4H3. The second-order valence-corrected chi connectivity index (χ2v) is 5.37. The Kier molecular flexibility index (Phi) is 6.26. The molecular weight excluding hydrogens is 260 g/mol. The Balaban J connectivity index is 2.56. The van der Waals surface area contributed by atoms with Crippen LogP contribution in [-0.4, -0.2) is 68.3 Å². The molecule has 0 atom stereocenters. The molecule has 0 saturated carbocycles. The van der Waals surface area contributed by atoms with E-state index in [0.29, 0.717) is 32.5 Å². The number of hydrogen-bond donors (Lipinski definition) is 0. The third kappa shape index (κ3) is 3.62. The van der Waals surface area contributed by atoms with Crippen molar-refractivity contribution in [3.05, 3.63) is 0 Å². The molecule has 0 aromatic heterocycles. The smallest absolute Gasteiger partial charge is 0.409 e. The molecule has 0 spiro atoms. The highest BCUT2D eigenvalue weighted by molar-refractivity contribution is 5.81. The minimum atomic E-state index is -0.630. The highest BCUT2D eigenvalue weighted by Crippen LogP contribution is 2.28. The SMILES string of the molecule is CCCCOC(=O)N1CCC(C(=O)OC)(N(C)C)CC1. The van der Waals surface area contributed by atoms with Crippen LogP contribution in [0.15, 0.2) is 0 Å². The van der Waals surface area contributed by atoms with Crippen LogP contribution >= 0.6 is 0 Å². The number of ether oxygens (including phenoxy) is 2. The van der Waals surface area contributed by atoms with Crippen LogP contribution in [0.4, 0.5) is 4.79 Å². The fourth-order valence-electron chi connectivity index (χ4n) is 2.48. The van der Waals surface area contributed by atoms with Gasteiger partial charge in [-0.2, -0.15) is 0 Å². The summed E-state index contributed by atoms with van der Waals surface area (Å²) in [4.78, 5) is 27.4. The second kappa shape index (κ2) is 7.47. The van der Waals surface area contributed by atoms with Crippen molar-refractivity contribution in [3.63, 3.8) is 0 Å². The number of rotatable bonds is 5. The van der Waals surface area contributed by atoms with Crippen LogP contribution in [0.1, 0.15) is 32.6 Å². The van der Waals surface area contributed by atoms with E-state index in [-0.39, 0.29) is 12.1 Å². The van der Waals surface area contributed by atoms with E-state index >= 15 is 0 Å². The van der Waals surface area contributed by atoms with Crippen molar-refractivity contribution in [2.45, 2.75) is 38.1 Å². The van der Waals surface area contributed by atoms with E-state index in [1.165, 1.54) is 7.11 Å². The number of carbonyl (C=O) groups is 2. The summed E-state index contributed by atoms with van der Waals surface area (Å²) < 4.78 is 10.1.